The van der Waals surface area contributed by atoms with Gasteiger partial charge in [-0.1, -0.05) is 0 Å². The van der Waals surface area contributed by atoms with Crippen molar-refractivity contribution < 1.29 is 9.53 Å². The van der Waals surface area contributed by atoms with Crippen LogP contribution in [0.3, 0.4) is 0 Å². The third-order valence-corrected chi connectivity index (χ3v) is 4.33. The molecule has 0 saturated carbocycles. The molecule has 0 bridgehead atoms. The van der Waals surface area contributed by atoms with Crippen molar-refractivity contribution in [1.82, 2.24) is 30.3 Å². The minimum Gasteiger partial charge on any atom is -0.379 e. The van der Waals surface area contributed by atoms with E-state index in [9.17, 15) is 4.79 Å². The number of carbonyl (C=O) groups is 1. The minimum absolute atomic E-state index is 0.0110. The number of ether oxygens (including phenoxy) is 1. The number of nitrogens with zero attached hydrogens (tertiary/aromatic N) is 5. The molecule has 4 rings (SSSR count). The van der Waals surface area contributed by atoms with E-state index in [1.54, 1.807) is 30.7 Å². The maximum absolute atomic E-state index is 12.9. The molecule has 0 aliphatic carbocycles. The first-order valence-corrected chi connectivity index (χ1v) is 8.22. The number of amides is 1. The highest BCUT2D eigenvalue weighted by atomic mass is 16.5. The van der Waals surface area contributed by atoms with Crippen LogP contribution in [0.25, 0.3) is 11.0 Å². The lowest BCUT2D eigenvalue weighted by atomic mass is 10.0. The molecule has 8 heteroatoms. The molecule has 1 saturated heterocycles. The first-order valence-electron chi connectivity index (χ1n) is 8.22. The van der Waals surface area contributed by atoms with E-state index in [0.717, 1.165) is 17.6 Å². The highest BCUT2D eigenvalue weighted by molar-refractivity contribution is 5.97. The van der Waals surface area contributed by atoms with E-state index in [0.29, 0.717) is 37.4 Å². The number of hydrogen-bond donors (Lipinski definition) is 1. The largest absolute Gasteiger partial charge is 0.379 e. The van der Waals surface area contributed by atoms with Crippen molar-refractivity contribution in [2.24, 2.45) is 5.92 Å². The Morgan fingerprint density at radius 1 is 1.28 bits per heavy atom. The van der Waals surface area contributed by atoms with Crippen LogP contribution in [0, 0.1) is 5.92 Å². The average molecular weight is 338 g/mol. The molecule has 1 aromatic carbocycles. The molecule has 0 unspecified atom stereocenters. The Morgan fingerprint density at radius 3 is 3.08 bits per heavy atom. The molecule has 0 radical (unpaired) electrons. The molecular weight excluding hydrogens is 320 g/mol. The van der Waals surface area contributed by atoms with Gasteiger partial charge in [-0.15, -0.1) is 0 Å². The van der Waals surface area contributed by atoms with Gasteiger partial charge in [-0.2, -0.15) is 15.4 Å². The van der Waals surface area contributed by atoms with Gasteiger partial charge in [-0.05, 0) is 30.7 Å². The number of fused-ring (bicyclic) bond motifs is 1. The molecule has 3 aromatic rings. The average Bonchev–Trinajstić information content (AvgIpc) is 3.00. The van der Waals surface area contributed by atoms with Crippen molar-refractivity contribution in [3.8, 4) is 0 Å². The monoisotopic (exact) mass is 338 g/mol. The van der Waals surface area contributed by atoms with Crippen molar-refractivity contribution in [2.75, 3.05) is 26.3 Å². The number of aromatic nitrogens is 5. The van der Waals surface area contributed by atoms with Crippen LogP contribution in [0.2, 0.25) is 0 Å². The Bertz CT molecular complexity index is 866. The molecule has 3 heterocycles. The van der Waals surface area contributed by atoms with Crippen LogP contribution in [0.5, 0.6) is 0 Å². The maximum Gasteiger partial charge on any atom is 0.254 e. The summed E-state index contributed by atoms with van der Waals surface area (Å²) in [5.41, 5.74) is 3.01. The van der Waals surface area contributed by atoms with Crippen LogP contribution >= 0.6 is 0 Å². The lowest BCUT2D eigenvalue weighted by molar-refractivity contribution is 0.0737. The molecule has 1 fully saturated rings. The number of benzene rings is 1. The van der Waals surface area contributed by atoms with E-state index < -0.39 is 0 Å². The van der Waals surface area contributed by atoms with Gasteiger partial charge in [0.2, 0.25) is 0 Å². The summed E-state index contributed by atoms with van der Waals surface area (Å²) in [4.78, 5) is 23.0. The van der Waals surface area contributed by atoms with Crippen molar-refractivity contribution in [3.05, 3.63) is 48.0 Å². The second kappa shape index (κ2) is 6.94. The summed E-state index contributed by atoms with van der Waals surface area (Å²) in [6, 6.07) is 7.26. The number of rotatable bonds is 3. The van der Waals surface area contributed by atoms with E-state index in [2.05, 4.69) is 25.4 Å². The first kappa shape index (κ1) is 15.6. The van der Waals surface area contributed by atoms with E-state index in [1.807, 2.05) is 11.0 Å². The predicted octanol–water partition coefficient (Wildman–Crippen LogP) is 1.08. The molecule has 2 aromatic heterocycles. The van der Waals surface area contributed by atoms with Gasteiger partial charge in [0.05, 0.1) is 13.2 Å². The standard InChI is InChI=1S/C17H18N6O2/c24-17(13-1-2-15-16(8-13)21-22-20-15)23-5-6-25-10-12(9-23)7-14-3-4-18-11-19-14/h1-4,8,11-12H,5-7,9-10H2,(H,20,21,22)/t12-/m1/s1. The minimum atomic E-state index is -0.0110. The molecule has 0 spiro atoms. The molecule has 128 valence electrons. The lowest BCUT2D eigenvalue weighted by Gasteiger charge is -2.23. The van der Waals surface area contributed by atoms with E-state index in [1.165, 1.54) is 0 Å². The molecule has 1 aliphatic rings. The molecule has 1 N–H and O–H groups in total. The SMILES string of the molecule is O=C(c1ccc2n[nH]nc2c1)N1CCOC[C@H](Cc2ccncn2)C1. The highest BCUT2D eigenvalue weighted by Crippen LogP contribution is 2.17. The Kier molecular flexibility index (Phi) is 4.34. The summed E-state index contributed by atoms with van der Waals surface area (Å²) in [5, 5.41) is 10.6. The van der Waals surface area contributed by atoms with Crippen molar-refractivity contribution in [1.29, 1.82) is 0 Å². The van der Waals surface area contributed by atoms with Gasteiger partial charge in [0.15, 0.2) is 0 Å². The molecule has 1 aliphatic heterocycles. The van der Waals surface area contributed by atoms with Gasteiger partial charge in [-0.25, -0.2) is 9.97 Å². The van der Waals surface area contributed by atoms with Gasteiger partial charge < -0.3 is 9.64 Å². The topological polar surface area (TPSA) is 96.9 Å². The van der Waals surface area contributed by atoms with E-state index >= 15 is 0 Å². The summed E-state index contributed by atoms with van der Waals surface area (Å²) < 4.78 is 5.69. The number of hydrogen-bond acceptors (Lipinski definition) is 6. The van der Waals surface area contributed by atoms with Gasteiger partial charge in [0.25, 0.3) is 5.91 Å². The number of carbonyl (C=O) groups excluding carboxylic acids is 1. The molecule has 1 amide bonds. The Hall–Kier alpha value is -2.87. The van der Waals surface area contributed by atoms with Gasteiger partial charge in [0.1, 0.15) is 17.4 Å². The van der Waals surface area contributed by atoms with E-state index in [-0.39, 0.29) is 11.8 Å². The highest BCUT2D eigenvalue weighted by Gasteiger charge is 2.24. The summed E-state index contributed by atoms with van der Waals surface area (Å²) in [5.74, 6) is 0.195. The van der Waals surface area contributed by atoms with Crippen LogP contribution in [-0.2, 0) is 11.2 Å². The second-order valence-corrected chi connectivity index (χ2v) is 6.12. The second-order valence-electron chi connectivity index (χ2n) is 6.12. The third kappa shape index (κ3) is 3.48. The normalized spacial score (nSPS) is 18.2. The zero-order chi connectivity index (χ0) is 17.1. The van der Waals surface area contributed by atoms with Gasteiger partial charge in [-0.3, -0.25) is 4.79 Å². The van der Waals surface area contributed by atoms with Gasteiger partial charge in [0, 0.05) is 36.5 Å². The Morgan fingerprint density at radius 2 is 2.20 bits per heavy atom. The maximum atomic E-state index is 12.9. The predicted molar refractivity (Wildman–Crippen MR) is 89.8 cm³/mol. The van der Waals surface area contributed by atoms with Crippen molar-refractivity contribution in [2.45, 2.75) is 6.42 Å². The van der Waals surface area contributed by atoms with Gasteiger partial charge >= 0.3 is 0 Å². The zero-order valence-electron chi connectivity index (χ0n) is 13.6. The zero-order valence-corrected chi connectivity index (χ0v) is 13.6. The van der Waals surface area contributed by atoms with Crippen LogP contribution in [-0.4, -0.2) is 62.5 Å². The molecule has 8 nitrogen and oxygen atoms in total. The van der Waals surface area contributed by atoms with Crippen LogP contribution in [0.15, 0.2) is 36.8 Å². The number of aromatic amines is 1. The summed E-state index contributed by atoms with van der Waals surface area (Å²) in [6.45, 7) is 2.38. The van der Waals surface area contributed by atoms with Crippen molar-refractivity contribution in [3.63, 3.8) is 0 Å². The molecule has 25 heavy (non-hydrogen) atoms. The molecule has 1 atom stereocenters. The Labute approximate surface area is 144 Å². The fourth-order valence-electron chi connectivity index (χ4n) is 3.08. The van der Waals surface area contributed by atoms with Crippen molar-refractivity contribution >= 4 is 16.9 Å². The summed E-state index contributed by atoms with van der Waals surface area (Å²) in [6.07, 6.45) is 4.04. The fraction of sp³-hybridized carbons (Fsp3) is 0.353. The Balaban J connectivity index is 1.50. The smallest absolute Gasteiger partial charge is 0.254 e. The quantitative estimate of drug-likeness (QED) is 0.767. The number of nitrogens with one attached hydrogen (secondary N) is 1. The van der Waals surface area contributed by atoms with Crippen LogP contribution in [0.4, 0.5) is 0 Å². The first-order chi connectivity index (χ1) is 12.3. The number of H-pyrrole nitrogens is 1. The van der Waals surface area contributed by atoms with Crippen LogP contribution < -0.4 is 0 Å². The molecular formula is C17H18N6O2. The van der Waals surface area contributed by atoms with E-state index in [4.69, 9.17) is 4.74 Å². The summed E-state index contributed by atoms with van der Waals surface area (Å²) in [7, 11) is 0. The lowest BCUT2D eigenvalue weighted by Crippen LogP contribution is -2.36. The third-order valence-electron chi connectivity index (χ3n) is 4.33. The summed E-state index contributed by atoms with van der Waals surface area (Å²) >= 11 is 0. The van der Waals surface area contributed by atoms with Crippen LogP contribution in [0.1, 0.15) is 16.1 Å². The fourth-order valence-corrected chi connectivity index (χ4v) is 3.08.